The summed E-state index contributed by atoms with van der Waals surface area (Å²) in [4.78, 5) is 12.7. The van der Waals surface area contributed by atoms with Crippen molar-refractivity contribution < 1.29 is 13.9 Å². The van der Waals surface area contributed by atoms with Crippen LogP contribution >= 0.6 is 0 Å². The van der Waals surface area contributed by atoms with Crippen LogP contribution in [0.2, 0.25) is 0 Å². The predicted molar refractivity (Wildman–Crippen MR) is 126 cm³/mol. The van der Waals surface area contributed by atoms with E-state index < -0.39 is 11.7 Å². The molecule has 0 atom stereocenters. The molecule has 5 heteroatoms. The van der Waals surface area contributed by atoms with Gasteiger partial charge in [0.05, 0.1) is 18.2 Å². The minimum Gasteiger partial charge on any atom is -0.494 e. The summed E-state index contributed by atoms with van der Waals surface area (Å²) >= 11 is 0. The first-order chi connectivity index (χ1) is 15.4. The van der Waals surface area contributed by atoms with Gasteiger partial charge in [0.1, 0.15) is 0 Å². The van der Waals surface area contributed by atoms with E-state index in [4.69, 9.17) is 10.5 Å². The lowest BCUT2D eigenvalue weighted by atomic mass is 9.95. The Balaban J connectivity index is 2.08. The third kappa shape index (κ3) is 3.86. The summed E-state index contributed by atoms with van der Waals surface area (Å²) in [5.74, 6) is -0.850. The van der Waals surface area contributed by atoms with Gasteiger partial charge >= 0.3 is 0 Å². The summed E-state index contributed by atoms with van der Waals surface area (Å²) in [7, 11) is 1.46. The normalized spacial score (nSPS) is 11.3. The van der Waals surface area contributed by atoms with Crippen LogP contribution in [-0.4, -0.2) is 17.6 Å². The Morgan fingerprint density at radius 1 is 1.03 bits per heavy atom. The number of halogens is 1. The number of primary amides is 1. The molecule has 0 aliphatic heterocycles. The van der Waals surface area contributed by atoms with Crippen LogP contribution in [0.15, 0.2) is 66.7 Å². The summed E-state index contributed by atoms with van der Waals surface area (Å²) in [6.45, 7) is 4.58. The Labute approximate surface area is 187 Å². The molecule has 4 nitrogen and oxygen atoms in total. The average molecular weight is 431 g/mol. The highest BCUT2D eigenvalue weighted by Crippen LogP contribution is 2.39. The highest BCUT2D eigenvalue weighted by molar-refractivity contribution is 6.09. The molecule has 0 bridgehead atoms. The number of hydrogen-bond donors (Lipinski definition) is 1. The van der Waals surface area contributed by atoms with Gasteiger partial charge in [0.2, 0.25) is 0 Å². The fraction of sp³-hybridized carbons (Fsp3) is 0.222. The first-order valence-electron chi connectivity index (χ1n) is 10.7. The molecule has 1 heterocycles. The van der Waals surface area contributed by atoms with Crippen LogP contribution in [0.25, 0.3) is 10.9 Å². The molecule has 0 spiro atoms. The van der Waals surface area contributed by atoms with E-state index in [9.17, 15) is 4.79 Å². The molecule has 0 aliphatic rings. The maximum absolute atomic E-state index is 15.6. The summed E-state index contributed by atoms with van der Waals surface area (Å²) in [6.07, 6.45) is 0.327. The van der Waals surface area contributed by atoms with Crippen molar-refractivity contribution in [2.24, 2.45) is 5.73 Å². The van der Waals surface area contributed by atoms with Gasteiger partial charge in [0.15, 0.2) is 11.6 Å². The van der Waals surface area contributed by atoms with Gasteiger partial charge in [0, 0.05) is 35.7 Å². The van der Waals surface area contributed by atoms with Gasteiger partial charge in [-0.3, -0.25) is 4.79 Å². The molecule has 2 N–H and O–H groups in total. The van der Waals surface area contributed by atoms with Crippen LogP contribution in [0.3, 0.4) is 0 Å². The summed E-state index contributed by atoms with van der Waals surface area (Å²) < 4.78 is 23.1. The predicted octanol–water partition coefficient (Wildman–Crippen LogP) is 5.65. The molecule has 0 radical (unpaired) electrons. The van der Waals surface area contributed by atoms with Crippen LogP contribution < -0.4 is 10.5 Å². The van der Waals surface area contributed by atoms with E-state index in [2.05, 4.69) is 4.57 Å². The van der Waals surface area contributed by atoms with E-state index in [0.29, 0.717) is 29.5 Å². The van der Waals surface area contributed by atoms with Crippen molar-refractivity contribution in [1.82, 2.24) is 4.57 Å². The fourth-order valence-electron chi connectivity index (χ4n) is 4.46. The lowest BCUT2D eigenvalue weighted by Crippen LogP contribution is -2.16. The molecule has 0 unspecified atom stereocenters. The van der Waals surface area contributed by atoms with E-state index in [1.807, 2.05) is 74.5 Å². The zero-order valence-corrected chi connectivity index (χ0v) is 18.6. The second kappa shape index (κ2) is 8.87. The number of nitrogens with zero attached hydrogens (tertiary/aromatic N) is 1. The Bertz CT molecular complexity index is 1260. The summed E-state index contributed by atoms with van der Waals surface area (Å²) in [5, 5.41) is 0.569. The van der Waals surface area contributed by atoms with Gasteiger partial charge in [-0.05, 0) is 17.0 Å². The molecule has 1 amide bonds. The highest BCUT2D eigenvalue weighted by atomic mass is 19.1. The number of carbonyl (C=O) groups excluding carboxylic acids is 1. The lowest BCUT2D eigenvalue weighted by Gasteiger charge is -2.15. The number of fused-ring (bicyclic) bond motifs is 1. The van der Waals surface area contributed by atoms with Gasteiger partial charge in [0.25, 0.3) is 5.91 Å². The number of rotatable bonds is 7. The number of aromatic nitrogens is 1. The molecule has 0 saturated carbocycles. The number of methoxy groups -OCH3 is 1. The molecule has 4 aromatic rings. The molecule has 32 heavy (non-hydrogen) atoms. The van der Waals surface area contributed by atoms with E-state index in [-0.39, 0.29) is 11.7 Å². The first kappa shape index (κ1) is 21.6. The highest BCUT2D eigenvalue weighted by Gasteiger charge is 2.28. The maximum atomic E-state index is 15.6. The van der Waals surface area contributed by atoms with Gasteiger partial charge < -0.3 is 15.0 Å². The van der Waals surface area contributed by atoms with Crippen LogP contribution in [0.1, 0.15) is 52.5 Å². The zero-order chi connectivity index (χ0) is 22.8. The van der Waals surface area contributed by atoms with Crippen molar-refractivity contribution >= 4 is 16.8 Å². The largest absolute Gasteiger partial charge is 0.494 e. The van der Waals surface area contributed by atoms with Crippen molar-refractivity contribution in [2.45, 2.75) is 32.7 Å². The molecule has 0 fully saturated rings. The molecule has 3 aromatic carbocycles. The molecule has 0 aliphatic carbocycles. The van der Waals surface area contributed by atoms with Crippen molar-refractivity contribution in [2.75, 3.05) is 7.11 Å². The topological polar surface area (TPSA) is 57.2 Å². The van der Waals surface area contributed by atoms with Gasteiger partial charge in [-0.15, -0.1) is 0 Å². The number of nitrogens with two attached hydrogens (primary N) is 1. The van der Waals surface area contributed by atoms with Gasteiger partial charge in [-0.25, -0.2) is 4.39 Å². The summed E-state index contributed by atoms with van der Waals surface area (Å²) in [6, 6.07) is 21.3. The smallest absolute Gasteiger partial charge is 0.251 e. The third-order valence-electron chi connectivity index (χ3n) is 5.82. The minimum atomic E-state index is -0.551. The van der Waals surface area contributed by atoms with Crippen LogP contribution in [-0.2, 0) is 13.0 Å². The number of benzene rings is 3. The van der Waals surface area contributed by atoms with Crippen molar-refractivity contribution in [3.8, 4) is 5.75 Å². The van der Waals surface area contributed by atoms with Crippen molar-refractivity contribution in [3.05, 3.63) is 100 Å². The minimum absolute atomic E-state index is 0.00671. The molecule has 0 saturated heterocycles. The van der Waals surface area contributed by atoms with Gasteiger partial charge in [-0.2, -0.15) is 0 Å². The number of carbonyl (C=O) groups is 1. The monoisotopic (exact) mass is 430 g/mol. The average Bonchev–Trinajstić information content (AvgIpc) is 3.11. The zero-order valence-electron chi connectivity index (χ0n) is 18.6. The molecule has 164 valence electrons. The maximum Gasteiger partial charge on any atom is 0.251 e. The second-order valence-corrected chi connectivity index (χ2v) is 8.28. The third-order valence-corrected chi connectivity index (χ3v) is 5.82. The molecular formula is C27H27FN2O2. The SMILES string of the molecule is COc1cc2c(c(Cc3ccccc3)c1F)c(C(N)=O)c(C(C)C)n2Cc1ccccc1. The number of ether oxygens (including phenoxy) is 1. The van der Waals surface area contributed by atoms with Crippen molar-refractivity contribution in [1.29, 1.82) is 0 Å². The van der Waals surface area contributed by atoms with E-state index in [1.165, 1.54) is 7.11 Å². The summed E-state index contributed by atoms with van der Waals surface area (Å²) in [5.41, 5.74) is 10.3. The van der Waals surface area contributed by atoms with Crippen molar-refractivity contribution in [3.63, 3.8) is 0 Å². The number of amides is 1. The molecular weight excluding hydrogens is 403 g/mol. The van der Waals surface area contributed by atoms with Crippen LogP contribution in [0.5, 0.6) is 5.75 Å². The first-order valence-corrected chi connectivity index (χ1v) is 10.7. The lowest BCUT2D eigenvalue weighted by molar-refractivity contribution is 0.1000. The van der Waals surface area contributed by atoms with Crippen LogP contribution in [0, 0.1) is 5.82 Å². The van der Waals surface area contributed by atoms with E-state index >= 15 is 4.39 Å². The quantitative estimate of drug-likeness (QED) is 0.412. The standard InChI is InChI=1S/C27H27FN2O2/c1-17(2)26-24(27(29)31)23-20(14-18-10-6-4-7-11-18)25(28)22(32-3)15-21(23)30(26)16-19-12-8-5-9-13-19/h4-13,15,17H,14,16H2,1-3H3,(H2,29,31). The Hall–Kier alpha value is -3.60. The molecule has 4 rings (SSSR count). The van der Waals surface area contributed by atoms with E-state index in [0.717, 1.165) is 22.3 Å². The van der Waals surface area contributed by atoms with Crippen LogP contribution in [0.4, 0.5) is 4.39 Å². The van der Waals surface area contributed by atoms with Gasteiger partial charge in [-0.1, -0.05) is 74.5 Å². The van der Waals surface area contributed by atoms with E-state index in [1.54, 1.807) is 6.07 Å². The molecule has 1 aromatic heterocycles. The Morgan fingerprint density at radius 2 is 1.62 bits per heavy atom. The number of hydrogen-bond acceptors (Lipinski definition) is 2. The fourth-order valence-corrected chi connectivity index (χ4v) is 4.46. The second-order valence-electron chi connectivity index (χ2n) is 8.28. The Morgan fingerprint density at radius 3 is 2.16 bits per heavy atom. The Kier molecular flexibility index (Phi) is 5.99.